The number of aromatic amines is 2. The van der Waals surface area contributed by atoms with Crippen LogP contribution in [-0.4, -0.2) is 87.1 Å². The van der Waals surface area contributed by atoms with Gasteiger partial charge in [-0.05, 0) is 70.2 Å². The van der Waals surface area contributed by atoms with E-state index in [2.05, 4.69) is 25.2 Å². The summed E-state index contributed by atoms with van der Waals surface area (Å²) in [5, 5.41) is 14.2. The van der Waals surface area contributed by atoms with E-state index in [-0.39, 0.29) is 42.4 Å². The van der Waals surface area contributed by atoms with Gasteiger partial charge in [0.25, 0.3) is 17.4 Å². The van der Waals surface area contributed by atoms with Crippen molar-refractivity contribution in [2.45, 2.75) is 31.9 Å². The van der Waals surface area contributed by atoms with E-state index >= 15 is 0 Å². The summed E-state index contributed by atoms with van der Waals surface area (Å²) < 4.78 is 5.73. The Hall–Kier alpha value is -4.19. The number of fused-ring (bicyclic) bond motifs is 2. The van der Waals surface area contributed by atoms with E-state index in [1.54, 1.807) is 36.4 Å². The predicted octanol–water partition coefficient (Wildman–Crippen LogP) is 3.42. The number of rotatable bonds is 8. The largest absolute Gasteiger partial charge is 0.490 e. The molecule has 0 bridgehead atoms. The number of piperidine rings is 1. The summed E-state index contributed by atoms with van der Waals surface area (Å²) >= 11 is 6.14. The molecule has 2 amide bonds. The molecule has 6 rings (SSSR count). The average molecular weight is 591 g/mol. The Kier molecular flexibility index (Phi) is 7.48. The minimum atomic E-state index is -0.890. The van der Waals surface area contributed by atoms with Crippen LogP contribution in [0.5, 0.6) is 5.75 Å². The summed E-state index contributed by atoms with van der Waals surface area (Å²) in [6.45, 7) is 3.61. The van der Waals surface area contributed by atoms with Gasteiger partial charge in [-0.2, -0.15) is 0 Å². The number of aliphatic hydroxyl groups excluding tert-OH is 1. The fourth-order valence-corrected chi connectivity index (χ4v) is 5.71. The normalized spacial score (nSPS) is 16.7. The maximum atomic E-state index is 13.3. The number of nitrogens with one attached hydrogen (secondary N) is 3. The van der Waals surface area contributed by atoms with Gasteiger partial charge in [-0.15, -0.1) is 0 Å². The predicted molar refractivity (Wildman–Crippen MR) is 159 cm³/mol. The molecule has 2 aromatic heterocycles. The lowest BCUT2D eigenvalue weighted by molar-refractivity contribution is 0.0516. The van der Waals surface area contributed by atoms with Crippen molar-refractivity contribution < 1.29 is 19.4 Å². The molecule has 0 spiro atoms. The SMILES string of the molecule is Cc1c(Cl)cccc1OCC(O)CNc1cc[nH]c(=O)c1-c1nc2cc3c(cc2[nH]1)C(=O)N(C1CCN(C)CC1)C3=O. The number of benzene rings is 2. The fraction of sp³-hybridized carbons (Fsp3) is 0.333. The molecule has 2 aliphatic heterocycles. The number of imide groups is 1. The number of pyridine rings is 1. The number of carbonyl (C=O) groups excluding carboxylic acids is 2. The van der Waals surface area contributed by atoms with Crippen molar-refractivity contribution in [2.24, 2.45) is 0 Å². The van der Waals surface area contributed by atoms with Gasteiger partial charge in [-0.25, -0.2) is 4.98 Å². The molecule has 2 aromatic carbocycles. The van der Waals surface area contributed by atoms with Crippen LogP contribution < -0.4 is 15.6 Å². The zero-order valence-corrected chi connectivity index (χ0v) is 24.0. The van der Waals surface area contributed by atoms with E-state index in [1.165, 1.54) is 11.1 Å². The van der Waals surface area contributed by atoms with Crippen molar-refractivity contribution in [1.82, 2.24) is 24.8 Å². The Morgan fingerprint density at radius 3 is 2.64 bits per heavy atom. The monoisotopic (exact) mass is 590 g/mol. The zero-order chi connectivity index (χ0) is 29.5. The Labute approximate surface area is 246 Å². The van der Waals surface area contributed by atoms with Crippen LogP contribution in [0.25, 0.3) is 22.4 Å². The zero-order valence-electron chi connectivity index (χ0n) is 23.2. The summed E-state index contributed by atoms with van der Waals surface area (Å²) in [5.74, 6) is 0.246. The minimum Gasteiger partial charge on any atom is -0.490 e. The number of ether oxygens (including phenoxy) is 1. The first kappa shape index (κ1) is 28.0. The third kappa shape index (κ3) is 5.15. The smallest absolute Gasteiger partial charge is 0.261 e. The number of imidazole rings is 1. The molecule has 1 fully saturated rings. The van der Waals surface area contributed by atoms with Gasteiger partial charge >= 0.3 is 0 Å². The van der Waals surface area contributed by atoms with Crippen LogP contribution in [0.4, 0.5) is 5.69 Å². The van der Waals surface area contributed by atoms with Crippen LogP contribution in [0.3, 0.4) is 0 Å². The number of nitrogens with zero attached hydrogens (tertiary/aromatic N) is 3. The summed E-state index contributed by atoms with van der Waals surface area (Å²) in [5.41, 5.74) is 2.73. The number of amides is 2. The molecular weight excluding hydrogens is 560 g/mol. The highest BCUT2D eigenvalue weighted by atomic mass is 35.5. The second-order valence-electron chi connectivity index (χ2n) is 10.8. The van der Waals surface area contributed by atoms with E-state index in [1.807, 2.05) is 14.0 Å². The average Bonchev–Trinajstić information content (AvgIpc) is 3.49. The number of aromatic nitrogens is 3. The summed E-state index contributed by atoms with van der Waals surface area (Å²) in [7, 11) is 2.03. The first-order valence-corrected chi connectivity index (χ1v) is 14.2. The lowest BCUT2D eigenvalue weighted by Gasteiger charge is -2.33. The summed E-state index contributed by atoms with van der Waals surface area (Å²) in [4.78, 5) is 53.5. The van der Waals surface area contributed by atoms with Gasteiger partial charge < -0.3 is 30.0 Å². The molecule has 2 aliphatic rings. The van der Waals surface area contributed by atoms with Crippen LogP contribution in [0, 0.1) is 6.92 Å². The molecule has 1 atom stereocenters. The summed E-state index contributed by atoms with van der Waals surface area (Å²) in [6, 6.07) is 10.1. The number of hydrogen-bond acceptors (Lipinski definition) is 8. The van der Waals surface area contributed by atoms with E-state index in [0.717, 1.165) is 31.5 Å². The molecule has 1 saturated heterocycles. The Bertz CT molecular complexity index is 1690. The number of H-pyrrole nitrogens is 2. The molecule has 11 nitrogen and oxygen atoms in total. The fourth-order valence-electron chi connectivity index (χ4n) is 5.54. The van der Waals surface area contributed by atoms with E-state index in [9.17, 15) is 19.5 Å². The Morgan fingerprint density at radius 1 is 1.14 bits per heavy atom. The molecule has 0 saturated carbocycles. The topological polar surface area (TPSA) is 144 Å². The Balaban J connectivity index is 1.21. The lowest BCUT2D eigenvalue weighted by Crippen LogP contribution is -2.46. The van der Waals surface area contributed by atoms with Crippen LogP contribution in [0.1, 0.15) is 39.1 Å². The third-order valence-corrected chi connectivity index (χ3v) is 8.36. The second-order valence-corrected chi connectivity index (χ2v) is 11.2. The van der Waals surface area contributed by atoms with Gasteiger partial charge in [0, 0.05) is 29.4 Å². The number of likely N-dealkylation sites (tertiary alicyclic amines) is 1. The third-order valence-electron chi connectivity index (χ3n) is 7.95. The molecular formula is C30H31ClN6O5. The van der Waals surface area contributed by atoms with Crippen molar-refractivity contribution in [3.8, 4) is 17.1 Å². The maximum Gasteiger partial charge on any atom is 0.261 e. The van der Waals surface area contributed by atoms with Gasteiger partial charge in [0.2, 0.25) is 0 Å². The molecule has 0 radical (unpaired) electrons. The van der Waals surface area contributed by atoms with E-state index in [4.69, 9.17) is 16.3 Å². The quantitative estimate of drug-likeness (QED) is 0.229. The number of carbonyl (C=O) groups is 2. The Morgan fingerprint density at radius 2 is 1.88 bits per heavy atom. The number of anilines is 1. The van der Waals surface area contributed by atoms with Gasteiger partial charge in [-0.1, -0.05) is 17.7 Å². The van der Waals surface area contributed by atoms with Crippen LogP contribution in [0.15, 0.2) is 47.4 Å². The number of hydrogen-bond donors (Lipinski definition) is 4. The highest BCUT2D eigenvalue weighted by molar-refractivity contribution is 6.31. The van der Waals surface area contributed by atoms with Gasteiger partial charge in [0.05, 0.1) is 27.8 Å². The lowest BCUT2D eigenvalue weighted by atomic mass is 10.0. The first-order chi connectivity index (χ1) is 20.2. The number of halogens is 1. The maximum absolute atomic E-state index is 13.3. The minimum absolute atomic E-state index is 0.0134. The van der Waals surface area contributed by atoms with Crippen molar-refractivity contribution in [3.05, 3.63) is 74.7 Å². The van der Waals surface area contributed by atoms with E-state index < -0.39 is 11.7 Å². The summed E-state index contributed by atoms with van der Waals surface area (Å²) in [6.07, 6.45) is 2.10. The molecule has 1 unspecified atom stereocenters. The molecule has 4 heterocycles. The molecule has 4 aromatic rings. The van der Waals surface area contributed by atoms with Crippen molar-refractivity contribution in [3.63, 3.8) is 0 Å². The molecule has 42 heavy (non-hydrogen) atoms. The first-order valence-electron chi connectivity index (χ1n) is 13.8. The van der Waals surface area contributed by atoms with Crippen LogP contribution >= 0.6 is 11.6 Å². The highest BCUT2D eigenvalue weighted by Crippen LogP contribution is 2.33. The standard InChI is InChI=1S/C30H31ClN6O5/c1-16-21(31)4-3-5-25(16)42-15-18(38)14-33-22-6-9-32-28(39)26(22)27-34-23-12-19-20(13-24(23)35-27)30(41)37(29(19)40)17-7-10-36(2)11-8-17/h3-6,9,12-13,17-18,38H,7-8,10-11,14-15H2,1-2H3,(H,34,35)(H2,32,33,39). The molecule has 0 aliphatic carbocycles. The van der Waals surface area contributed by atoms with E-state index in [0.29, 0.717) is 38.6 Å². The van der Waals surface area contributed by atoms with Gasteiger partial charge in [0.1, 0.15) is 29.8 Å². The second kappa shape index (κ2) is 11.2. The van der Waals surface area contributed by atoms with Crippen molar-refractivity contribution in [1.29, 1.82) is 0 Å². The van der Waals surface area contributed by atoms with Crippen LogP contribution in [-0.2, 0) is 0 Å². The molecule has 218 valence electrons. The molecule has 4 N–H and O–H groups in total. The molecule has 12 heteroatoms. The van der Waals surface area contributed by atoms with Gasteiger partial charge in [-0.3, -0.25) is 19.3 Å². The van der Waals surface area contributed by atoms with Crippen molar-refractivity contribution in [2.75, 3.05) is 38.6 Å². The van der Waals surface area contributed by atoms with Crippen LogP contribution in [0.2, 0.25) is 5.02 Å². The highest BCUT2D eigenvalue weighted by Gasteiger charge is 2.41. The number of aliphatic hydroxyl groups is 1. The van der Waals surface area contributed by atoms with Gasteiger partial charge in [0.15, 0.2) is 0 Å². The van der Waals surface area contributed by atoms with Crippen molar-refractivity contribution >= 4 is 40.1 Å².